The second kappa shape index (κ2) is 6.20. The summed E-state index contributed by atoms with van der Waals surface area (Å²) in [6.07, 6.45) is 6.69. The Kier molecular flexibility index (Phi) is 4.31. The van der Waals surface area contributed by atoms with Crippen molar-refractivity contribution in [3.05, 3.63) is 34.3 Å². The van der Waals surface area contributed by atoms with E-state index in [0.29, 0.717) is 12.1 Å². The Morgan fingerprint density at radius 1 is 1.43 bits per heavy atom. The van der Waals surface area contributed by atoms with E-state index >= 15 is 0 Å². The molecule has 0 spiro atoms. The van der Waals surface area contributed by atoms with Crippen molar-refractivity contribution >= 4 is 33.7 Å². The van der Waals surface area contributed by atoms with E-state index in [9.17, 15) is 4.79 Å². The molecule has 2 fully saturated rings. The summed E-state index contributed by atoms with van der Waals surface area (Å²) in [5.41, 5.74) is 2.05. The van der Waals surface area contributed by atoms with Crippen LogP contribution in [-0.4, -0.2) is 36.4 Å². The summed E-state index contributed by atoms with van der Waals surface area (Å²) < 4.78 is 6.76. The molecule has 0 amide bonds. The van der Waals surface area contributed by atoms with E-state index in [-0.39, 0.29) is 0 Å². The number of hydrogen-bond acceptors (Lipinski definition) is 3. The highest BCUT2D eigenvalue weighted by Gasteiger charge is 2.36. The number of hydrogen-bond donors (Lipinski definition) is 1. The fraction of sp³-hybridized carbons (Fsp3) is 0.438. The highest BCUT2D eigenvalue weighted by atomic mass is 79.9. The Morgan fingerprint density at radius 3 is 3.05 bits per heavy atom. The van der Waals surface area contributed by atoms with Crippen molar-refractivity contribution in [2.24, 2.45) is 0 Å². The molecule has 2 aliphatic rings. The third-order valence-corrected chi connectivity index (χ3v) is 4.89. The van der Waals surface area contributed by atoms with Gasteiger partial charge in [0.2, 0.25) is 0 Å². The van der Waals surface area contributed by atoms with Crippen LogP contribution in [0.25, 0.3) is 6.08 Å². The molecule has 4 nitrogen and oxygen atoms in total. The Balaban J connectivity index is 1.82. The monoisotopic (exact) mass is 351 g/mol. The summed E-state index contributed by atoms with van der Waals surface area (Å²) in [6, 6.07) is 6.57. The summed E-state index contributed by atoms with van der Waals surface area (Å²) in [6.45, 7) is 1.69. The SMILES string of the molecule is O=C(O)/C=C/c1ccc(N2CCOC3CCCC32)cc1Br. The van der Waals surface area contributed by atoms with Gasteiger partial charge >= 0.3 is 5.97 Å². The summed E-state index contributed by atoms with van der Waals surface area (Å²) in [4.78, 5) is 13.0. The molecule has 0 bridgehead atoms. The highest BCUT2D eigenvalue weighted by Crippen LogP contribution is 2.34. The van der Waals surface area contributed by atoms with Crippen LogP contribution >= 0.6 is 15.9 Å². The lowest BCUT2D eigenvalue weighted by Gasteiger charge is -2.39. The third kappa shape index (κ3) is 3.14. The van der Waals surface area contributed by atoms with Gasteiger partial charge in [0.1, 0.15) is 0 Å². The number of anilines is 1. The maximum Gasteiger partial charge on any atom is 0.328 e. The molecule has 1 aromatic carbocycles. The maximum absolute atomic E-state index is 10.6. The first-order valence-corrected chi connectivity index (χ1v) is 8.03. The highest BCUT2D eigenvalue weighted by molar-refractivity contribution is 9.10. The fourth-order valence-corrected chi connectivity index (χ4v) is 3.74. The molecule has 1 aliphatic carbocycles. The lowest BCUT2D eigenvalue weighted by molar-refractivity contribution is -0.131. The molecular weight excluding hydrogens is 334 g/mol. The third-order valence-electron chi connectivity index (χ3n) is 4.20. The minimum Gasteiger partial charge on any atom is -0.478 e. The molecule has 2 atom stereocenters. The summed E-state index contributed by atoms with van der Waals surface area (Å²) in [7, 11) is 0. The molecule has 21 heavy (non-hydrogen) atoms. The number of carboxylic acids is 1. The molecule has 1 saturated heterocycles. The first-order valence-electron chi connectivity index (χ1n) is 7.24. The second-order valence-corrected chi connectivity index (χ2v) is 6.33. The van der Waals surface area contributed by atoms with E-state index < -0.39 is 5.97 Å². The first-order chi connectivity index (χ1) is 10.1. The van der Waals surface area contributed by atoms with Crippen molar-refractivity contribution in [1.82, 2.24) is 0 Å². The normalized spacial score (nSPS) is 25.3. The van der Waals surface area contributed by atoms with E-state index in [2.05, 4.69) is 33.0 Å². The van der Waals surface area contributed by atoms with Crippen LogP contribution in [0.15, 0.2) is 28.7 Å². The summed E-state index contributed by atoms with van der Waals surface area (Å²) in [5, 5.41) is 8.70. The largest absolute Gasteiger partial charge is 0.478 e. The van der Waals surface area contributed by atoms with Gasteiger partial charge in [-0.25, -0.2) is 4.79 Å². The minimum atomic E-state index is -0.937. The van der Waals surface area contributed by atoms with Crippen LogP contribution in [0.3, 0.4) is 0 Å². The number of ether oxygens (including phenoxy) is 1. The van der Waals surface area contributed by atoms with E-state index in [1.807, 2.05) is 6.07 Å². The van der Waals surface area contributed by atoms with E-state index in [0.717, 1.165) is 35.7 Å². The van der Waals surface area contributed by atoms with Crippen molar-refractivity contribution in [3.8, 4) is 0 Å². The van der Waals surface area contributed by atoms with Crippen LogP contribution in [0.1, 0.15) is 24.8 Å². The molecule has 1 aliphatic heterocycles. The molecule has 0 aromatic heterocycles. The Hall–Kier alpha value is -1.33. The van der Waals surface area contributed by atoms with Gasteiger partial charge in [-0.2, -0.15) is 0 Å². The Morgan fingerprint density at radius 2 is 2.29 bits per heavy atom. The lowest BCUT2D eigenvalue weighted by atomic mass is 10.1. The lowest BCUT2D eigenvalue weighted by Crippen LogP contribution is -2.48. The van der Waals surface area contributed by atoms with Gasteiger partial charge < -0.3 is 14.7 Å². The average molecular weight is 352 g/mol. The van der Waals surface area contributed by atoms with Crippen LogP contribution in [0.5, 0.6) is 0 Å². The average Bonchev–Trinajstić information content (AvgIpc) is 2.94. The maximum atomic E-state index is 10.6. The van der Waals surface area contributed by atoms with Crippen LogP contribution in [-0.2, 0) is 9.53 Å². The number of carboxylic acid groups (broad SMARTS) is 1. The number of nitrogens with zero attached hydrogens (tertiary/aromatic N) is 1. The van der Waals surface area contributed by atoms with Crippen molar-refractivity contribution < 1.29 is 14.6 Å². The number of carbonyl (C=O) groups is 1. The Labute approximate surface area is 132 Å². The van der Waals surface area contributed by atoms with Crippen LogP contribution in [0, 0.1) is 0 Å². The minimum absolute atomic E-state index is 0.365. The zero-order chi connectivity index (χ0) is 14.8. The van der Waals surface area contributed by atoms with Crippen LogP contribution < -0.4 is 4.90 Å². The molecule has 1 N–H and O–H groups in total. The fourth-order valence-electron chi connectivity index (χ4n) is 3.24. The van der Waals surface area contributed by atoms with Gasteiger partial charge in [0.15, 0.2) is 0 Å². The predicted molar refractivity (Wildman–Crippen MR) is 85.5 cm³/mol. The zero-order valence-corrected chi connectivity index (χ0v) is 13.3. The number of rotatable bonds is 3. The zero-order valence-electron chi connectivity index (χ0n) is 11.7. The summed E-state index contributed by atoms with van der Waals surface area (Å²) in [5.74, 6) is -0.937. The van der Waals surface area contributed by atoms with Gasteiger partial charge in [-0.1, -0.05) is 22.0 Å². The number of halogens is 1. The van der Waals surface area contributed by atoms with Crippen LogP contribution in [0.2, 0.25) is 0 Å². The standard InChI is InChI=1S/C16H18BrNO3/c17-13-10-12(6-4-11(13)5-7-16(19)20)18-8-9-21-15-3-1-2-14(15)18/h4-7,10,14-15H,1-3,8-9H2,(H,19,20)/b7-5+. The van der Waals surface area contributed by atoms with Crippen molar-refractivity contribution in [2.75, 3.05) is 18.1 Å². The van der Waals surface area contributed by atoms with E-state index in [1.54, 1.807) is 6.08 Å². The van der Waals surface area contributed by atoms with Gasteiger partial charge in [0.05, 0.1) is 18.8 Å². The van der Waals surface area contributed by atoms with Gasteiger partial charge in [-0.15, -0.1) is 0 Å². The molecule has 5 heteroatoms. The first kappa shape index (κ1) is 14.6. The smallest absolute Gasteiger partial charge is 0.328 e. The van der Waals surface area contributed by atoms with Crippen molar-refractivity contribution in [3.63, 3.8) is 0 Å². The molecule has 0 radical (unpaired) electrons. The molecule has 1 heterocycles. The van der Waals surface area contributed by atoms with Crippen LogP contribution in [0.4, 0.5) is 5.69 Å². The number of fused-ring (bicyclic) bond motifs is 1. The van der Waals surface area contributed by atoms with Gasteiger partial charge in [0, 0.05) is 22.8 Å². The second-order valence-electron chi connectivity index (χ2n) is 5.48. The summed E-state index contributed by atoms with van der Waals surface area (Å²) >= 11 is 3.53. The van der Waals surface area contributed by atoms with Gasteiger partial charge in [-0.05, 0) is 43.0 Å². The van der Waals surface area contributed by atoms with Crippen molar-refractivity contribution in [2.45, 2.75) is 31.4 Å². The molecular formula is C16H18BrNO3. The quantitative estimate of drug-likeness (QED) is 0.848. The molecule has 3 rings (SSSR count). The number of aliphatic carboxylic acids is 1. The number of benzene rings is 1. The van der Waals surface area contributed by atoms with Crippen molar-refractivity contribution in [1.29, 1.82) is 0 Å². The molecule has 112 valence electrons. The Bertz CT molecular complexity index is 573. The molecule has 2 unspecified atom stereocenters. The topological polar surface area (TPSA) is 49.8 Å². The van der Waals surface area contributed by atoms with E-state index in [1.165, 1.54) is 18.5 Å². The predicted octanol–water partition coefficient (Wildman–Crippen LogP) is 3.30. The molecule has 1 saturated carbocycles. The van der Waals surface area contributed by atoms with E-state index in [4.69, 9.17) is 9.84 Å². The molecule has 1 aromatic rings. The van der Waals surface area contributed by atoms with Gasteiger partial charge in [0.25, 0.3) is 0 Å². The van der Waals surface area contributed by atoms with Gasteiger partial charge in [-0.3, -0.25) is 0 Å². The number of morpholine rings is 1.